The molecule has 0 aliphatic heterocycles. The van der Waals surface area contributed by atoms with E-state index in [2.05, 4.69) is 0 Å². The van der Waals surface area contributed by atoms with Crippen molar-refractivity contribution in [3.63, 3.8) is 0 Å². The van der Waals surface area contributed by atoms with Crippen molar-refractivity contribution in [3.05, 3.63) is 22.5 Å². The number of nitrogens with two attached hydrogens (primary N) is 1. The first kappa shape index (κ1) is 14.1. The number of halogens is 2. The van der Waals surface area contributed by atoms with Gasteiger partial charge in [-0.15, -0.1) is 0 Å². The minimum Gasteiger partial charge on any atom is -0.492 e. The van der Waals surface area contributed by atoms with Crippen molar-refractivity contribution in [1.29, 1.82) is 0 Å². The van der Waals surface area contributed by atoms with E-state index in [0.717, 1.165) is 24.8 Å². The molecule has 0 aliphatic rings. The first-order chi connectivity index (χ1) is 8.15. The highest BCUT2D eigenvalue weighted by Crippen LogP contribution is 2.38. The smallest absolute Gasteiger partial charge is 0.198 e. The molecule has 0 heterocycles. The summed E-state index contributed by atoms with van der Waals surface area (Å²) in [7, 11) is 2.87. The second-order valence-corrected chi connectivity index (χ2v) is 4.05. The molecule has 1 rings (SSSR count). The maximum absolute atomic E-state index is 13.7. The zero-order valence-corrected chi connectivity index (χ0v) is 10.8. The fourth-order valence-electron chi connectivity index (χ4n) is 1.69. The minimum absolute atomic E-state index is 0.0467. The molecule has 0 amide bonds. The van der Waals surface area contributed by atoms with Crippen LogP contribution < -0.4 is 15.2 Å². The molecule has 0 unspecified atom stereocenters. The number of rotatable bonds is 6. The van der Waals surface area contributed by atoms with E-state index in [-0.39, 0.29) is 10.8 Å². The number of hydrogen-bond acceptors (Lipinski definition) is 3. The van der Waals surface area contributed by atoms with Gasteiger partial charge in [-0.25, -0.2) is 4.39 Å². The lowest BCUT2D eigenvalue weighted by Crippen LogP contribution is -2.02. The summed E-state index contributed by atoms with van der Waals surface area (Å²) in [4.78, 5) is 0. The van der Waals surface area contributed by atoms with Gasteiger partial charge in [-0.3, -0.25) is 0 Å². The number of methoxy groups -OCH3 is 2. The van der Waals surface area contributed by atoms with Crippen LogP contribution in [0.3, 0.4) is 0 Å². The highest BCUT2D eigenvalue weighted by Gasteiger charge is 2.18. The monoisotopic (exact) mass is 261 g/mol. The SMILES string of the molecule is COc1c(CCCCN)cc(Cl)c(F)c1OC. The standard InChI is InChI=1S/C12H17ClFNO2/c1-16-11-8(5-3-4-6-15)7-9(13)10(14)12(11)17-2/h7H,3-6,15H2,1-2H3. The summed E-state index contributed by atoms with van der Waals surface area (Å²) in [5.41, 5.74) is 6.27. The Balaban J connectivity index is 3.06. The number of hydrogen-bond donors (Lipinski definition) is 1. The van der Waals surface area contributed by atoms with Crippen LogP contribution in [0, 0.1) is 5.82 Å². The second kappa shape index (κ2) is 6.67. The van der Waals surface area contributed by atoms with Crippen LogP contribution in [0.4, 0.5) is 4.39 Å². The lowest BCUT2D eigenvalue weighted by atomic mass is 10.1. The number of unbranched alkanes of at least 4 members (excludes halogenated alkanes) is 1. The fourth-order valence-corrected chi connectivity index (χ4v) is 1.90. The third kappa shape index (κ3) is 3.23. The predicted molar refractivity (Wildman–Crippen MR) is 66.5 cm³/mol. The molecule has 0 saturated carbocycles. The maximum Gasteiger partial charge on any atom is 0.198 e. The second-order valence-electron chi connectivity index (χ2n) is 3.64. The van der Waals surface area contributed by atoms with E-state index in [1.807, 2.05) is 0 Å². The van der Waals surface area contributed by atoms with Gasteiger partial charge in [0.1, 0.15) is 0 Å². The Hall–Kier alpha value is -1.00. The highest BCUT2D eigenvalue weighted by atomic mass is 35.5. The summed E-state index contributed by atoms with van der Waals surface area (Å²) in [5, 5.41) is 0.0467. The normalized spacial score (nSPS) is 10.4. The van der Waals surface area contributed by atoms with E-state index in [1.165, 1.54) is 14.2 Å². The van der Waals surface area contributed by atoms with Crippen molar-refractivity contribution in [2.75, 3.05) is 20.8 Å². The van der Waals surface area contributed by atoms with Gasteiger partial charge in [0.2, 0.25) is 0 Å². The Morgan fingerprint density at radius 2 is 1.88 bits per heavy atom. The molecule has 1 aromatic carbocycles. The van der Waals surface area contributed by atoms with E-state index in [0.29, 0.717) is 12.3 Å². The first-order valence-electron chi connectivity index (χ1n) is 5.44. The molecule has 3 nitrogen and oxygen atoms in total. The molecule has 0 atom stereocenters. The summed E-state index contributed by atoms with van der Waals surface area (Å²) in [5.74, 6) is -0.122. The van der Waals surface area contributed by atoms with Crippen LogP contribution in [0.15, 0.2) is 6.07 Å². The van der Waals surface area contributed by atoms with Crippen LogP contribution >= 0.6 is 11.6 Å². The Morgan fingerprint density at radius 3 is 2.41 bits per heavy atom. The highest BCUT2D eigenvalue weighted by molar-refractivity contribution is 6.31. The quantitative estimate of drug-likeness (QED) is 0.801. The van der Waals surface area contributed by atoms with Crippen molar-refractivity contribution in [2.45, 2.75) is 19.3 Å². The Bertz CT molecular complexity index is 385. The van der Waals surface area contributed by atoms with Crippen LogP contribution in [0.2, 0.25) is 5.02 Å². The van der Waals surface area contributed by atoms with Gasteiger partial charge in [-0.1, -0.05) is 11.6 Å². The van der Waals surface area contributed by atoms with Crippen LogP contribution in [-0.2, 0) is 6.42 Å². The predicted octanol–water partition coefficient (Wildman–Crippen LogP) is 2.78. The molecule has 2 N–H and O–H groups in total. The zero-order valence-electron chi connectivity index (χ0n) is 10.1. The van der Waals surface area contributed by atoms with Gasteiger partial charge in [0, 0.05) is 0 Å². The maximum atomic E-state index is 13.7. The molecule has 0 aliphatic carbocycles. The molecule has 5 heteroatoms. The number of benzene rings is 1. The van der Waals surface area contributed by atoms with Gasteiger partial charge in [-0.05, 0) is 37.4 Å². The molecule has 0 fully saturated rings. The van der Waals surface area contributed by atoms with E-state index >= 15 is 0 Å². The number of aryl methyl sites for hydroxylation is 1. The lowest BCUT2D eigenvalue weighted by molar-refractivity contribution is 0.334. The molecular weight excluding hydrogens is 245 g/mol. The average Bonchev–Trinajstić information content (AvgIpc) is 2.33. The van der Waals surface area contributed by atoms with Crippen molar-refractivity contribution in [2.24, 2.45) is 5.73 Å². The van der Waals surface area contributed by atoms with Crippen molar-refractivity contribution in [1.82, 2.24) is 0 Å². The minimum atomic E-state index is -0.589. The van der Waals surface area contributed by atoms with Gasteiger partial charge in [0.15, 0.2) is 17.3 Å². The third-order valence-electron chi connectivity index (χ3n) is 2.52. The fraction of sp³-hybridized carbons (Fsp3) is 0.500. The summed E-state index contributed by atoms with van der Waals surface area (Å²) in [6.45, 7) is 0.633. The largest absolute Gasteiger partial charge is 0.492 e. The third-order valence-corrected chi connectivity index (χ3v) is 2.79. The van der Waals surface area contributed by atoms with Crippen molar-refractivity contribution in [3.8, 4) is 11.5 Å². The summed E-state index contributed by atoms with van der Waals surface area (Å²) in [6.07, 6.45) is 2.54. The van der Waals surface area contributed by atoms with Gasteiger partial charge in [-0.2, -0.15) is 0 Å². The first-order valence-corrected chi connectivity index (χ1v) is 5.82. The molecule has 0 radical (unpaired) electrons. The molecule has 0 spiro atoms. The van der Waals surface area contributed by atoms with Crippen LogP contribution in [0.5, 0.6) is 11.5 Å². The Labute approximate surface area is 106 Å². The van der Waals surface area contributed by atoms with E-state index in [9.17, 15) is 4.39 Å². The van der Waals surface area contributed by atoms with Crippen LogP contribution in [-0.4, -0.2) is 20.8 Å². The molecule has 0 bridgehead atoms. The van der Waals surface area contributed by atoms with E-state index < -0.39 is 5.82 Å². The molecule has 1 aromatic rings. The van der Waals surface area contributed by atoms with E-state index in [4.69, 9.17) is 26.8 Å². The number of ether oxygens (including phenoxy) is 2. The summed E-state index contributed by atoms with van der Waals surface area (Å²) in [6, 6.07) is 1.58. The summed E-state index contributed by atoms with van der Waals surface area (Å²) < 4.78 is 23.8. The van der Waals surface area contributed by atoms with Crippen molar-refractivity contribution >= 4 is 11.6 Å². The topological polar surface area (TPSA) is 44.5 Å². The van der Waals surface area contributed by atoms with Crippen LogP contribution in [0.1, 0.15) is 18.4 Å². The van der Waals surface area contributed by atoms with Gasteiger partial charge in [0.05, 0.1) is 19.2 Å². The van der Waals surface area contributed by atoms with Crippen molar-refractivity contribution < 1.29 is 13.9 Å². The average molecular weight is 262 g/mol. The molecule has 96 valence electrons. The lowest BCUT2D eigenvalue weighted by Gasteiger charge is -2.14. The van der Waals surface area contributed by atoms with Crippen LogP contribution in [0.25, 0.3) is 0 Å². The van der Waals surface area contributed by atoms with E-state index in [1.54, 1.807) is 6.07 Å². The molecule has 17 heavy (non-hydrogen) atoms. The van der Waals surface area contributed by atoms with Gasteiger partial charge >= 0.3 is 0 Å². The Morgan fingerprint density at radius 1 is 1.24 bits per heavy atom. The zero-order chi connectivity index (χ0) is 12.8. The van der Waals surface area contributed by atoms with Gasteiger partial charge < -0.3 is 15.2 Å². The summed E-state index contributed by atoms with van der Waals surface area (Å²) >= 11 is 5.80. The molecular formula is C12H17ClFNO2. The molecule has 0 aromatic heterocycles. The molecule has 0 saturated heterocycles. The Kier molecular flexibility index (Phi) is 5.51. The van der Waals surface area contributed by atoms with Gasteiger partial charge in [0.25, 0.3) is 0 Å².